The number of rotatable bonds is 3. The average Bonchev–Trinajstić information content (AvgIpc) is 2.87. The van der Waals surface area contributed by atoms with E-state index < -0.39 is 5.54 Å². The maximum atomic E-state index is 12.2. The third-order valence-electron chi connectivity index (χ3n) is 4.00. The fourth-order valence-electron chi connectivity index (χ4n) is 2.82. The van der Waals surface area contributed by atoms with Crippen LogP contribution in [0.4, 0.5) is 0 Å². The molecule has 2 rings (SSSR count). The van der Waals surface area contributed by atoms with Crippen molar-refractivity contribution in [1.82, 2.24) is 5.32 Å². The van der Waals surface area contributed by atoms with Gasteiger partial charge in [0.05, 0.1) is 22.5 Å². The average molecular weight is 256 g/mol. The van der Waals surface area contributed by atoms with Gasteiger partial charge in [0, 0.05) is 6.61 Å². The standard InChI is InChI=1S/C12H20N2O2S/c1-8-9(4-7-16-8)10(15)14-12(11(13)17)5-2-3-6-12/h8-9H,2-7H2,1H3,(H2,13,17)(H,14,15). The predicted octanol–water partition coefficient (Wildman–Crippen LogP) is 1.13. The molecular formula is C12H20N2O2S. The van der Waals surface area contributed by atoms with Crippen LogP contribution in [0.15, 0.2) is 0 Å². The molecule has 0 aromatic rings. The second kappa shape index (κ2) is 4.90. The van der Waals surface area contributed by atoms with Gasteiger partial charge in [-0.1, -0.05) is 25.1 Å². The van der Waals surface area contributed by atoms with E-state index in [9.17, 15) is 4.79 Å². The van der Waals surface area contributed by atoms with Crippen molar-refractivity contribution in [3.05, 3.63) is 0 Å². The molecular weight excluding hydrogens is 236 g/mol. The van der Waals surface area contributed by atoms with Gasteiger partial charge in [-0.05, 0) is 26.2 Å². The van der Waals surface area contributed by atoms with Gasteiger partial charge < -0.3 is 15.8 Å². The van der Waals surface area contributed by atoms with E-state index in [1.165, 1.54) is 0 Å². The van der Waals surface area contributed by atoms with Crippen LogP contribution < -0.4 is 11.1 Å². The van der Waals surface area contributed by atoms with E-state index in [4.69, 9.17) is 22.7 Å². The Morgan fingerprint density at radius 2 is 2.12 bits per heavy atom. The highest BCUT2D eigenvalue weighted by Crippen LogP contribution is 2.31. The van der Waals surface area contributed by atoms with Gasteiger partial charge in [-0.3, -0.25) is 4.79 Å². The zero-order valence-electron chi connectivity index (χ0n) is 10.2. The van der Waals surface area contributed by atoms with E-state index in [1.807, 2.05) is 6.92 Å². The maximum absolute atomic E-state index is 12.2. The molecule has 5 heteroatoms. The normalized spacial score (nSPS) is 31.4. The fourth-order valence-corrected chi connectivity index (χ4v) is 3.07. The van der Waals surface area contributed by atoms with Crippen LogP contribution in [0, 0.1) is 5.92 Å². The van der Waals surface area contributed by atoms with E-state index >= 15 is 0 Å². The molecule has 1 saturated heterocycles. The highest BCUT2D eigenvalue weighted by atomic mass is 32.1. The van der Waals surface area contributed by atoms with Gasteiger partial charge >= 0.3 is 0 Å². The van der Waals surface area contributed by atoms with E-state index in [0.29, 0.717) is 11.6 Å². The van der Waals surface area contributed by atoms with Crippen LogP contribution >= 0.6 is 12.2 Å². The van der Waals surface area contributed by atoms with Gasteiger partial charge in [-0.2, -0.15) is 0 Å². The molecule has 3 N–H and O–H groups in total. The lowest BCUT2D eigenvalue weighted by atomic mass is 9.94. The molecule has 0 aromatic heterocycles. The number of hydrogen-bond donors (Lipinski definition) is 2. The van der Waals surface area contributed by atoms with Crippen LogP contribution in [0.25, 0.3) is 0 Å². The number of carbonyl (C=O) groups excluding carboxylic acids is 1. The minimum Gasteiger partial charge on any atom is -0.391 e. The fraction of sp³-hybridized carbons (Fsp3) is 0.833. The van der Waals surface area contributed by atoms with Crippen LogP contribution in [-0.4, -0.2) is 29.1 Å². The first-order chi connectivity index (χ1) is 8.05. The van der Waals surface area contributed by atoms with Crippen molar-refractivity contribution in [2.75, 3.05) is 6.61 Å². The molecule has 1 aliphatic carbocycles. The number of ether oxygens (including phenoxy) is 1. The topological polar surface area (TPSA) is 64.3 Å². The Balaban J connectivity index is 2.03. The Hall–Kier alpha value is -0.680. The third-order valence-corrected chi connectivity index (χ3v) is 4.39. The monoisotopic (exact) mass is 256 g/mol. The second-order valence-electron chi connectivity index (χ2n) is 5.11. The van der Waals surface area contributed by atoms with Gasteiger partial charge in [0.1, 0.15) is 0 Å². The summed E-state index contributed by atoms with van der Waals surface area (Å²) in [5, 5.41) is 3.08. The molecule has 2 fully saturated rings. The van der Waals surface area contributed by atoms with Crippen LogP contribution in [0.1, 0.15) is 39.0 Å². The molecule has 1 aliphatic heterocycles. The Bertz CT molecular complexity index is 326. The lowest BCUT2D eigenvalue weighted by Gasteiger charge is -2.30. The van der Waals surface area contributed by atoms with Gasteiger partial charge in [-0.15, -0.1) is 0 Å². The van der Waals surface area contributed by atoms with Crippen LogP contribution in [0.5, 0.6) is 0 Å². The molecule has 1 heterocycles. The molecule has 1 amide bonds. The lowest BCUT2D eigenvalue weighted by Crippen LogP contribution is -2.56. The van der Waals surface area contributed by atoms with Crippen LogP contribution in [-0.2, 0) is 9.53 Å². The second-order valence-corrected chi connectivity index (χ2v) is 5.55. The van der Waals surface area contributed by atoms with Gasteiger partial charge in [-0.25, -0.2) is 0 Å². The minimum atomic E-state index is -0.436. The van der Waals surface area contributed by atoms with E-state index in [2.05, 4.69) is 5.32 Å². The number of carbonyl (C=O) groups is 1. The van der Waals surface area contributed by atoms with E-state index in [0.717, 1.165) is 32.1 Å². The highest BCUT2D eigenvalue weighted by molar-refractivity contribution is 7.80. The summed E-state index contributed by atoms with van der Waals surface area (Å²) in [6.07, 6.45) is 4.69. The highest BCUT2D eigenvalue weighted by Gasteiger charge is 2.41. The molecule has 96 valence electrons. The summed E-state index contributed by atoms with van der Waals surface area (Å²) < 4.78 is 5.42. The summed E-state index contributed by atoms with van der Waals surface area (Å²) in [5.41, 5.74) is 5.36. The SMILES string of the molecule is CC1OCCC1C(=O)NC1(C(N)=S)CCCC1. The zero-order chi connectivity index (χ0) is 12.5. The molecule has 2 aliphatic rings. The molecule has 1 saturated carbocycles. The van der Waals surface area contributed by atoms with E-state index in [1.54, 1.807) is 0 Å². The van der Waals surface area contributed by atoms with E-state index in [-0.39, 0.29) is 17.9 Å². The number of nitrogens with one attached hydrogen (secondary N) is 1. The number of nitrogens with two attached hydrogens (primary N) is 1. The lowest BCUT2D eigenvalue weighted by molar-refractivity contribution is -0.127. The van der Waals surface area contributed by atoms with Crippen molar-refractivity contribution in [2.24, 2.45) is 11.7 Å². The Morgan fingerprint density at radius 3 is 2.59 bits per heavy atom. The maximum Gasteiger partial charge on any atom is 0.226 e. The van der Waals surface area contributed by atoms with Crippen molar-refractivity contribution in [1.29, 1.82) is 0 Å². The summed E-state index contributed by atoms with van der Waals surface area (Å²) >= 11 is 5.12. The van der Waals surface area contributed by atoms with Gasteiger partial charge in [0.25, 0.3) is 0 Å². The van der Waals surface area contributed by atoms with Crippen molar-refractivity contribution in [2.45, 2.75) is 50.7 Å². The summed E-state index contributed by atoms with van der Waals surface area (Å²) in [6.45, 7) is 2.61. The molecule has 2 atom stereocenters. The van der Waals surface area contributed by atoms with Gasteiger partial charge in [0.2, 0.25) is 5.91 Å². The van der Waals surface area contributed by atoms with Crippen molar-refractivity contribution < 1.29 is 9.53 Å². The van der Waals surface area contributed by atoms with Crippen molar-refractivity contribution >= 4 is 23.1 Å². The first-order valence-corrected chi connectivity index (χ1v) is 6.69. The smallest absolute Gasteiger partial charge is 0.226 e. The predicted molar refractivity (Wildman–Crippen MR) is 69.6 cm³/mol. The molecule has 0 bridgehead atoms. The summed E-state index contributed by atoms with van der Waals surface area (Å²) in [7, 11) is 0. The minimum absolute atomic E-state index is 0.000186. The Labute approximate surface area is 107 Å². The first-order valence-electron chi connectivity index (χ1n) is 6.29. The third kappa shape index (κ3) is 2.45. The first kappa shape index (κ1) is 12.8. The van der Waals surface area contributed by atoms with Gasteiger partial charge in [0.15, 0.2) is 0 Å². The largest absolute Gasteiger partial charge is 0.391 e. The molecule has 0 radical (unpaired) electrons. The summed E-state index contributed by atoms with van der Waals surface area (Å²) in [5.74, 6) is -0.00785. The van der Waals surface area contributed by atoms with Crippen LogP contribution in [0.3, 0.4) is 0 Å². The number of amides is 1. The zero-order valence-corrected chi connectivity index (χ0v) is 11.0. The molecule has 0 spiro atoms. The Kier molecular flexibility index (Phi) is 3.68. The Morgan fingerprint density at radius 1 is 1.47 bits per heavy atom. The number of hydrogen-bond acceptors (Lipinski definition) is 3. The van der Waals surface area contributed by atoms with Crippen LogP contribution in [0.2, 0.25) is 0 Å². The summed E-state index contributed by atoms with van der Waals surface area (Å²) in [6, 6.07) is 0. The van der Waals surface area contributed by atoms with Crippen molar-refractivity contribution in [3.8, 4) is 0 Å². The molecule has 17 heavy (non-hydrogen) atoms. The van der Waals surface area contributed by atoms with Crippen molar-refractivity contribution in [3.63, 3.8) is 0 Å². The molecule has 2 unspecified atom stereocenters. The summed E-state index contributed by atoms with van der Waals surface area (Å²) in [4.78, 5) is 12.6. The molecule has 0 aromatic carbocycles. The quantitative estimate of drug-likeness (QED) is 0.743. The number of thiocarbonyl (C=S) groups is 1. The molecule has 4 nitrogen and oxygen atoms in total.